The molecule has 0 bridgehead atoms. The summed E-state index contributed by atoms with van der Waals surface area (Å²) in [5.74, 6) is -0.208. The van der Waals surface area contributed by atoms with Crippen molar-refractivity contribution in [1.29, 1.82) is 0 Å². The third kappa shape index (κ3) is 3.48. The van der Waals surface area contributed by atoms with E-state index in [0.29, 0.717) is 17.7 Å². The molecule has 0 aromatic heterocycles. The molecule has 1 aliphatic rings. The summed E-state index contributed by atoms with van der Waals surface area (Å²) in [5.41, 5.74) is 3.86. The zero-order chi connectivity index (χ0) is 22.0. The monoisotopic (exact) mass is 418 g/mol. The van der Waals surface area contributed by atoms with Gasteiger partial charge < -0.3 is 9.84 Å². The molecule has 3 nitrogen and oxygen atoms in total. The Morgan fingerprint density at radius 2 is 1.31 bits per heavy atom. The topological polar surface area (TPSA) is 46.5 Å². The molecule has 1 N–H and O–H groups in total. The average Bonchev–Trinajstić information content (AvgIpc) is 2.85. The van der Waals surface area contributed by atoms with Crippen molar-refractivity contribution in [3.63, 3.8) is 0 Å². The highest BCUT2D eigenvalue weighted by Crippen LogP contribution is 2.43. The molecule has 156 valence electrons. The van der Waals surface area contributed by atoms with Gasteiger partial charge in [0.15, 0.2) is 0 Å². The number of ether oxygens (including phenoxy) is 1. The van der Waals surface area contributed by atoms with Crippen LogP contribution in [-0.4, -0.2) is 11.1 Å². The summed E-state index contributed by atoms with van der Waals surface area (Å²) in [6.07, 6.45) is 4.75. The number of allylic oxidation sites excluding steroid dienone is 1. The van der Waals surface area contributed by atoms with Crippen LogP contribution in [0.4, 0.5) is 0 Å². The van der Waals surface area contributed by atoms with Gasteiger partial charge in [-0.1, -0.05) is 97.1 Å². The second kappa shape index (κ2) is 8.20. The number of esters is 1. The van der Waals surface area contributed by atoms with Gasteiger partial charge in [0, 0.05) is 5.41 Å². The van der Waals surface area contributed by atoms with Crippen molar-refractivity contribution in [3.8, 4) is 11.5 Å². The van der Waals surface area contributed by atoms with Gasteiger partial charge in [-0.2, -0.15) is 0 Å². The molecule has 0 fully saturated rings. The SMILES string of the molecule is O=C(Oc1ccccc1)c1c(O)ccc2c1C=CC(c1ccccc1)(c1ccccc1)C2. The lowest BCUT2D eigenvalue weighted by atomic mass is 9.67. The van der Waals surface area contributed by atoms with Crippen LogP contribution in [0.2, 0.25) is 0 Å². The highest BCUT2D eigenvalue weighted by atomic mass is 16.5. The lowest BCUT2D eigenvalue weighted by Gasteiger charge is -2.36. The second-order valence-electron chi connectivity index (χ2n) is 7.95. The number of hydrogen-bond donors (Lipinski definition) is 1. The van der Waals surface area contributed by atoms with Gasteiger partial charge in [-0.15, -0.1) is 0 Å². The molecule has 4 aromatic rings. The van der Waals surface area contributed by atoms with E-state index in [1.54, 1.807) is 30.3 Å². The maximum Gasteiger partial charge on any atom is 0.347 e. The molecule has 4 aromatic carbocycles. The van der Waals surface area contributed by atoms with E-state index >= 15 is 0 Å². The predicted octanol–water partition coefficient (Wildman–Crippen LogP) is 6.17. The van der Waals surface area contributed by atoms with Gasteiger partial charge in [0.2, 0.25) is 0 Å². The number of carbonyl (C=O) groups excluding carboxylic acids is 1. The van der Waals surface area contributed by atoms with E-state index < -0.39 is 5.97 Å². The largest absolute Gasteiger partial charge is 0.507 e. The van der Waals surface area contributed by atoms with Gasteiger partial charge in [-0.25, -0.2) is 4.79 Å². The number of rotatable bonds is 4. The van der Waals surface area contributed by atoms with Crippen LogP contribution in [0.3, 0.4) is 0 Å². The second-order valence-corrected chi connectivity index (χ2v) is 7.95. The van der Waals surface area contributed by atoms with Crippen molar-refractivity contribution in [2.75, 3.05) is 0 Å². The molecule has 0 radical (unpaired) electrons. The van der Waals surface area contributed by atoms with Gasteiger partial charge in [0.25, 0.3) is 0 Å². The Bertz CT molecular complexity index is 1240. The van der Waals surface area contributed by atoms with Crippen molar-refractivity contribution in [1.82, 2.24) is 0 Å². The van der Waals surface area contributed by atoms with E-state index in [4.69, 9.17) is 4.74 Å². The van der Waals surface area contributed by atoms with E-state index in [1.807, 2.05) is 54.6 Å². The Morgan fingerprint density at radius 1 is 0.750 bits per heavy atom. The number of aromatic hydroxyl groups is 1. The van der Waals surface area contributed by atoms with Crippen LogP contribution in [0.5, 0.6) is 11.5 Å². The Balaban J connectivity index is 1.60. The molecule has 0 amide bonds. The smallest absolute Gasteiger partial charge is 0.347 e. The highest BCUT2D eigenvalue weighted by Gasteiger charge is 2.36. The summed E-state index contributed by atoms with van der Waals surface area (Å²) in [6, 6.07) is 33.1. The third-order valence-electron chi connectivity index (χ3n) is 6.05. The summed E-state index contributed by atoms with van der Waals surface area (Å²) >= 11 is 0. The fourth-order valence-electron chi connectivity index (χ4n) is 4.48. The first-order chi connectivity index (χ1) is 15.7. The first-order valence-electron chi connectivity index (χ1n) is 10.6. The minimum atomic E-state index is -0.567. The number of para-hydroxylation sites is 1. The van der Waals surface area contributed by atoms with Crippen molar-refractivity contribution >= 4 is 12.0 Å². The zero-order valence-corrected chi connectivity index (χ0v) is 17.4. The lowest BCUT2D eigenvalue weighted by Crippen LogP contribution is -2.31. The van der Waals surface area contributed by atoms with Crippen molar-refractivity contribution in [3.05, 3.63) is 137 Å². The molecule has 0 spiro atoms. The summed E-state index contributed by atoms with van der Waals surface area (Å²) in [4.78, 5) is 13.0. The predicted molar refractivity (Wildman–Crippen MR) is 126 cm³/mol. The summed E-state index contributed by atoms with van der Waals surface area (Å²) < 4.78 is 5.54. The van der Waals surface area contributed by atoms with E-state index in [2.05, 4.69) is 30.3 Å². The van der Waals surface area contributed by atoms with Crippen LogP contribution >= 0.6 is 0 Å². The molecule has 3 heteroatoms. The molecule has 0 heterocycles. The quantitative estimate of drug-likeness (QED) is 0.319. The molecule has 0 atom stereocenters. The van der Waals surface area contributed by atoms with E-state index in [1.165, 1.54) is 11.1 Å². The fraction of sp³-hybridized carbons (Fsp3) is 0.0690. The third-order valence-corrected chi connectivity index (χ3v) is 6.05. The maximum absolute atomic E-state index is 13.0. The molecule has 0 saturated carbocycles. The average molecular weight is 418 g/mol. The summed E-state index contributed by atoms with van der Waals surface area (Å²) in [5, 5.41) is 10.5. The van der Waals surface area contributed by atoms with Crippen LogP contribution in [0, 0.1) is 0 Å². The maximum atomic E-state index is 13.0. The number of fused-ring (bicyclic) bond motifs is 1. The van der Waals surface area contributed by atoms with Crippen LogP contribution in [0.1, 0.15) is 32.6 Å². The molecule has 32 heavy (non-hydrogen) atoms. The lowest BCUT2D eigenvalue weighted by molar-refractivity contribution is 0.0731. The molecule has 0 unspecified atom stereocenters. The molecular formula is C29H22O3. The van der Waals surface area contributed by atoms with E-state index in [9.17, 15) is 9.90 Å². The van der Waals surface area contributed by atoms with Crippen molar-refractivity contribution < 1.29 is 14.6 Å². The number of carbonyl (C=O) groups is 1. The zero-order valence-electron chi connectivity index (χ0n) is 17.4. The van der Waals surface area contributed by atoms with Crippen molar-refractivity contribution in [2.45, 2.75) is 11.8 Å². The van der Waals surface area contributed by atoms with Gasteiger partial charge in [0.1, 0.15) is 17.1 Å². The Labute approximate surface area is 187 Å². The number of hydrogen-bond acceptors (Lipinski definition) is 3. The van der Waals surface area contributed by atoms with Gasteiger partial charge in [-0.05, 0) is 46.9 Å². The van der Waals surface area contributed by atoms with Gasteiger partial charge in [-0.3, -0.25) is 0 Å². The number of benzene rings is 4. The summed E-state index contributed by atoms with van der Waals surface area (Å²) in [7, 11) is 0. The van der Waals surface area contributed by atoms with E-state index in [0.717, 1.165) is 5.56 Å². The van der Waals surface area contributed by atoms with Crippen molar-refractivity contribution in [2.24, 2.45) is 0 Å². The number of phenols is 1. The van der Waals surface area contributed by atoms with Crippen LogP contribution in [-0.2, 0) is 11.8 Å². The molecule has 0 saturated heterocycles. The van der Waals surface area contributed by atoms with Gasteiger partial charge in [0.05, 0.1) is 0 Å². The minimum absolute atomic E-state index is 0.0822. The fourth-order valence-corrected chi connectivity index (χ4v) is 4.48. The molecule has 5 rings (SSSR count). The first kappa shape index (κ1) is 19.8. The van der Waals surface area contributed by atoms with Crippen LogP contribution in [0.25, 0.3) is 6.08 Å². The first-order valence-corrected chi connectivity index (χ1v) is 10.6. The Kier molecular flexibility index (Phi) is 5.08. The van der Waals surface area contributed by atoms with Gasteiger partial charge >= 0.3 is 5.97 Å². The molecule has 1 aliphatic carbocycles. The van der Waals surface area contributed by atoms with Crippen LogP contribution in [0.15, 0.2) is 109 Å². The van der Waals surface area contributed by atoms with Crippen LogP contribution < -0.4 is 4.74 Å². The Hall–Kier alpha value is -4.11. The minimum Gasteiger partial charge on any atom is -0.507 e. The number of phenolic OH excluding ortho intramolecular Hbond substituents is 1. The Morgan fingerprint density at radius 3 is 1.91 bits per heavy atom. The normalized spacial score (nSPS) is 13.9. The van der Waals surface area contributed by atoms with E-state index in [-0.39, 0.29) is 16.7 Å². The highest BCUT2D eigenvalue weighted by molar-refractivity contribution is 5.98. The molecular weight excluding hydrogens is 396 g/mol. The molecule has 0 aliphatic heterocycles. The standard InChI is InChI=1S/C29H22O3/c30-26-17-16-21-20-29(22-10-4-1-5-11-22,23-12-6-2-7-13-23)19-18-25(21)27(26)28(31)32-24-14-8-3-9-15-24/h1-19,30H,20H2. The summed E-state index contributed by atoms with van der Waals surface area (Å²) in [6.45, 7) is 0.